The van der Waals surface area contributed by atoms with E-state index in [1.165, 1.54) is 18.4 Å². The molecular weight excluding hydrogens is 501 g/mol. The molecule has 1 fully saturated rings. The number of hydrogen-bond acceptors (Lipinski definition) is 4. The highest BCUT2D eigenvalue weighted by molar-refractivity contribution is 14.0. The van der Waals surface area contributed by atoms with Crippen LogP contribution in [0.25, 0.3) is 0 Å². The summed E-state index contributed by atoms with van der Waals surface area (Å²) in [6, 6.07) is 10.6. The molecular formula is C24H36IN5O. The first-order valence-electron chi connectivity index (χ1n) is 10.9. The summed E-state index contributed by atoms with van der Waals surface area (Å²) in [5.74, 6) is 3.65. The van der Waals surface area contributed by atoms with Crippen molar-refractivity contribution in [2.24, 2.45) is 10.9 Å². The van der Waals surface area contributed by atoms with Crippen molar-refractivity contribution in [2.45, 2.75) is 39.7 Å². The first-order valence-corrected chi connectivity index (χ1v) is 10.9. The van der Waals surface area contributed by atoms with Crippen molar-refractivity contribution in [1.29, 1.82) is 0 Å². The number of aliphatic imine (C=N–C) groups is 1. The second-order valence-corrected chi connectivity index (χ2v) is 8.10. The van der Waals surface area contributed by atoms with E-state index in [0.29, 0.717) is 6.54 Å². The molecule has 0 bridgehead atoms. The lowest BCUT2D eigenvalue weighted by Crippen LogP contribution is -2.38. The highest BCUT2D eigenvalue weighted by atomic mass is 127. The Labute approximate surface area is 203 Å². The minimum absolute atomic E-state index is 0. The Balaban J connectivity index is 0.00000341. The lowest BCUT2D eigenvalue weighted by molar-refractivity contribution is 0.411. The summed E-state index contributed by atoms with van der Waals surface area (Å²) in [7, 11) is 3.51. The van der Waals surface area contributed by atoms with E-state index in [0.717, 1.165) is 60.6 Å². The van der Waals surface area contributed by atoms with Gasteiger partial charge in [0.1, 0.15) is 11.6 Å². The Bertz CT molecular complexity index is 832. The number of rotatable bonds is 7. The predicted molar refractivity (Wildman–Crippen MR) is 140 cm³/mol. The van der Waals surface area contributed by atoms with Gasteiger partial charge in [0, 0.05) is 39.4 Å². The highest BCUT2D eigenvalue weighted by Crippen LogP contribution is 2.21. The van der Waals surface area contributed by atoms with E-state index in [1.54, 1.807) is 14.2 Å². The number of aryl methyl sites for hydroxylation is 1. The number of ether oxygens (including phenoxy) is 1. The average Bonchev–Trinajstić information content (AvgIpc) is 2.78. The molecule has 1 aliphatic rings. The van der Waals surface area contributed by atoms with Gasteiger partial charge in [0.15, 0.2) is 5.96 Å². The number of nitrogens with zero attached hydrogens (tertiary/aromatic N) is 3. The minimum Gasteiger partial charge on any atom is -0.496 e. The van der Waals surface area contributed by atoms with Gasteiger partial charge < -0.3 is 20.3 Å². The number of guanidine groups is 1. The summed E-state index contributed by atoms with van der Waals surface area (Å²) in [4.78, 5) is 11.4. The van der Waals surface area contributed by atoms with Gasteiger partial charge in [0.05, 0.1) is 7.11 Å². The van der Waals surface area contributed by atoms with Gasteiger partial charge in [-0.3, -0.25) is 4.99 Å². The molecule has 2 aromatic rings. The van der Waals surface area contributed by atoms with E-state index < -0.39 is 0 Å². The van der Waals surface area contributed by atoms with E-state index >= 15 is 0 Å². The SMILES string of the molecule is CN=C(NCCc1ccc(C)c(OC)c1)NCc1ccc(N2CCC(C)CC2)nc1.I. The maximum Gasteiger partial charge on any atom is 0.191 e. The smallest absolute Gasteiger partial charge is 0.191 e. The summed E-state index contributed by atoms with van der Waals surface area (Å²) in [6.07, 6.45) is 5.37. The van der Waals surface area contributed by atoms with Gasteiger partial charge in [-0.05, 0) is 60.9 Å². The van der Waals surface area contributed by atoms with Crippen molar-refractivity contribution in [3.8, 4) is 5.75 Å². The zero-order valence-electron chi connectivity index (χ0n) is 19.1. The zero-order valence-corrected chi connectivity index (χ0v) is 21.5. The van der Waals surface area contributed by atoms with Crippen LogP contribution in [0.4, 0.5) is 5.82 Å². The van der Waals surface area contributed by atoms with E-state index in [1.807, 2.05) is 6.20 Å². The lowest BCUT2D eigenvalue weighted by atomic mass is 9.99. The first kappa shape index (κ1) is 25.2. The van der Waals surface area contributed by atoms with Gasteiger partial charge >= 0.3 is 0 Å². The monoisotopic (exact) mass is 537 g/mol. The summed E-state index contributed by atoms with van der Waals surface area (Å²) >= 11 is 0. The largest absolute Gasteiger partial charge is 0.496 e. The Morgan fingerprint density at radius 2 is 1.90 bits per heavy atom. The molecule has 7 heteroatoms. The molecule has 2 N–H and O–H groups in total. The molecule has 0 aliphatic carbocycles. The lowest BCUT2D eigenvalue weighted by Gasteiger charge is -2.31. The number of halogens is 1. The third-order valence-electron chi connectivity index (χ3n) is 5.78. The summed E-state index contributed by atoms with van der Waals surface area (Å²) in [5, 5.41) is 6.75. The number of piperidine rings is 1. The van der Waals surface area contributed by atoms with E-state index in [2.05, 4.69) is 69.7 Å². The van der Waals surface area contributed by atoms with Crippen molar-refractivity contribution in [2.75, 3.05) is 38.7 Å². The maximum atomic E-state index is 5.41. The number of nitrogens with one attached hydrogen (secondary N) is 2. The van der Waals surface area contributed by atoms with Crippen molar-refractivity contribution in [1.82, 2.24) is 15.6 Å². The number of pyridine rings is 1. The third-order valence-corrected chi connectivity index (χ3v) is 5.78. The third kappa shape index (κ3) is 7.55. The number of hydrogen-bond donors (Lipinski definition) is 2. The molecule has 1 aromatic heterocycles. The number of benzene rings is 1. The summed E-state index contributed by atoms with van der Waals surface area (Å²) < 4.78 is 5.41. The fourth-order valence-corrected chi connectivity index (χ4v) is 3.70. The van der Waals surface area contributed by atoms with Crippen LogP contribution in [0.1, 0.15) is 36.5 Å². The van der Waals surface area contributed by atoms with Crippen LogP contribution in [-0.4, -0.2) is 44.7 Å². The van der Waals surface area contributed by atoms with Gasteiger partial charge in [-0.25, -0.2) is 4.98 Å². The zero-order chi connectivity index (χ0) is 21.3. The number of aromatic nitrogens is 1. The molecule has 170 valence electrons. The quantitative estimate of drug-likeness (QED) is 0.316. The molecule has 0 spiro atoms. The highest BCUT2D eigenvalue weighted by Gasteiger charge is 2.16. The predicted octanol–water partition coefficient (Wildman–Crippen LogP) is 4.16. The van der Waals surface area contributed by atoms with Gasteiger partial charge in [-0.1, -0.05) is 25.1 Å². The number of anilines is 1. The second kappa shape index (κ2) is 12.7. The van der Waals surface area contributed by atoms with E-state index in [4.69, 9.17) is 4.74 Å². The summed E-state index contributed by atoms with van der Waals surface area (Å²) in [6.45, 7) is 8.10. The molecule has 1 saturated heterocycles. The fraction of sp³-hybridized carbons (Fsp3) is 0.500. The van der Waals surface area contributed by atoms with Gasteiger partial charge in [0.2, 0.25) is 0 Å². The molecule has 0 atom stereocenters. The van der Waals surface area contributed by atoms with Crippen LogP contribution in [0.15, 0.2) is 41.5 Å². The van der Waals surface area contributed by atoms with Crippen LogP contribution in [0, 0.1) is 12.8 Å². The molecule has 0 amide bonds. The minimum atomic E-state index is 0. The molecule has 2 heterocycles. The van der Waals surface area contributed by atoms with Gasteiger partial charge in [-0.15, -0.1) is 24.0 Å². The van der Waals surface area contributed by atoms with Crippen LogP contribution in [0.3, 0.4) is 0 Å². The van der Waals surface area contributed by atoms with Crippen molar-refractivity contribution < 1.29 is 4.74 Å². The molecule has 0 saturated carbocycles. The molecule has 0 radical (unpaired) electrons. The van der Waals surface area contributed by atoms with Crippen molar-refractivity contribution >= 4 is 35.8 Å². The first-order chi connectivity index (χ1) is 14.6. The molecule has 3 rings (SSSR count). The van der Waals surface area contributed by atoms with Crippen LogP contribution in [-0.2, 0) is 13.0 Å². The summed E-state index contributed by atoms with van der Waals surface area (Å²) in [5.41, 5.74) is 3.55. The second-order valence-electron chi connectivity index (χ2n) is 8.10. The Morgan fingerprint density at radius 1 is 1.16 bits per heavy atom. The number of methoxy groups -OCH3 is 1. The topological polar surface area (TPSA) is 61.8 Å². The fourth-order valence-electron chi connectivity index (χ4n) is 3.70. The van der Waals surface area contributed by atoms with Crippen molar-refractivity contribution in [3.05, 3.63) is 53.2 Å². The molecule has 1 aromatic carbocycles. The molecule has 31 heavy (non-hydrogen) atoms. The molecule has 0 unspecified atom stereocenters. The van der Waals surface area contributed by atoms with Crippen LogP contribution in [0.5, 0.6) is 5.75 Å². The van der Waals surface area contributed by atoms with Crippen LogP contribution < -0.4 is 20.3 Å². The van der Waals surface area contributed by atoms with Crippen LogP contribution >= 0.6 is 24.0 Å². The maximum absolute atomic E-state index is 5.41. The van der Waals surface area contributed by atoms with Crippen LogP contribution in [0.2, 0.25) is 0 Å². The molecule has 1 aliphatic heterocycles. The standard InChI is InChI=1S/C24H35N5O.HI/c1-18-10-13-29(14-11-18)23-8-7-21(16-27-23)17-28-24(25-3)26-12-9-20-6-5-19(2)22(15-20)30-4;/h5-8,15-16,18H,9-14,17H2,1-4H3,(H2,25,26,28);1H. The van der Waals surface area contributed by atoms with Gasteiger partial charge in [-0.2, -0.15) is 0 Å². The normalized spacial score (nSPS) is 14.7. The molecule has 6 nitrogen and oxygen atoms in total. The van der Waals surface area contributed by atoms with E-state index in [9.17, 15) is 0 Å². The van der Waals surface area contributed by atoms with Gasteiger partial charge in [0.25, 0.3) is 0 Å². The van der Waals surface area contributed by atoms with Crippen molar-refractivity contribution in [3.63, 3.8) is 0 Å². The average molecular weight is 537 g/mol. The Kier molecular flexibility index (Phi) is 10.4. The Morgan fingerprint density at radius 3 is 2.55 bits per heavy atom. The van der Waals surface area contributed by atoms with E-state index in [-0.39, 0.29) is 24.0 Å². The Hall–Kier alpha value is -2.03.